The van der Waals surface area contributed by atoms with Gasteiger partial charge in [-0.1, -0.05) is 19.3 Å². The Morgan fingerprint density at radius 3 is 2.75 bits per heavy atom. The average molecular weight is 277 g/mol. The maximum absolute atomic E-state index is 12.2. The predicted octanol–water partition coefficient (Wildman–Crippen LogP) is 1.55. The number of hydrogen-bond acceptors (Lipinski definition) is 4. The molecule has 0 spiro atoms. The number of amides is 1. The van der Waals surface area contributed by atoms with Crippen LogP contribution in [0.2, 0.25) is 0 Å². The standard InChI is InChI=1S/C14H19N3O3/c1-9-11(7-15-8-16-9)13(18)17-12-6-4-2-3-5-10(12)14(19)20/h7-8,10,12H,2-6H2,1H3,(H,17,18)(H,19,20)/t10-,12+/m1/s1. The van der Waals surface area contributed by atoms with Gasteiger partial charge in [0, 0.05) is 12.2 Å². The van der Waals surface area contributed by atoms with E-state index in [9.17, 15) is 14.7 Å². The van der Waals surface area contributed by atoms with E-state index in [1.54, 1.807) is 6.92 Å². The number of aliphatic carboxylic acids is 1. The van der Waals surface area contributed by atoms with Crippen molar-refractivity contribution in [1.29, 1.82) is 0 Å². The Hall–Kier alpha value is -1.98. The molecule has 1 heterocycles. The molecule has 2 N–H and O–H groups in total. The zero-order chi connectivity index (χ0) is 14.5. The summed E-state index contributed by atoms with van der Waals surface area (Å²) in [6.45, 7) is 1.73. The number of nitrogens with zero attached hydrogens (tertiary/aromatic N) is 2. The lowest BCUT2D eigenvalue weighted by Crippen LogP contribution is -2.43. The highest BCUT2D eigenvalue weighted by atomic mass is 16.4. The number of carboxylic acid groups (broad SMARTS) is 1. The first-order chi connectivity index (χ1) is 9.59. The van der Waals surface area contributed by atoms with Crippen LogP contribution >= 0.6 is 0 Å². The Kier molecular flexibility index (Phi) is 4.65. The fraction of sp³-hybridized carbons (Fsp3) is 0.571. The van der Waals surface area contributed by atoms with Crippen LogP contribution in [0.25, 0.3) is 0 Å². The van der Waals surface area contributed by atoms with Gasteiger partial charge in [-0.25, -0.2) is 9.97 Å². The van der Waals surface area contributed by atoms with Crippen molar-refractivity contribution in [3.63, 3.8) is 0 Å². The Balaban J connectivity index is 2.12. The third-order valence-electron chi connectivity index (χ3n) is 3.81. The molecular weight excluding hydrogens is 258 g/mol. The van der Waals surface area contributed by atoms with E-state index in [0.717, 1.165) is 19.3 Å². The molecule has 1 saturated carbocycles. The second-order valence-corrected chi connectivity index (χ2v) is 5.18. The number of aromatic nitrogens is 2. The van der Waals surface area contributed by atoms with Gasteiger partial charge in [0.15, 0.2) is 0 Å². The fourth-order valence-electron chi connectivity index (χ4n) is 2.64. The van der Waals surface area contributed by atoms with Crippen LogP contribution in [0.1, 0.15) is 48.2 Å². The van der Waals surface area contributed by atoms with E-state index < -0.39 is 11.9 Å². The number of aryl methyl sites for hydroxylation is 1. The first-order valence-corrected chi connectivity index (χ1v) is 6.90. The molecule has 108 valence electrons. The largest absolute Gasteiger partial charge is 0.481 e. The van der Waals surface area contributed by atoms with Crippen LogP contribution < -0.4 is 5.32 Å². The number of carbonyl (C=O) groups excluding carboxylic acids is 1. The Morgan fingerprint density at radius 2 is 2.05 bits per heavy atom. The van der Waals surface area contributed by atoms with E-state index in [0.29, 0.717) is 24.1 Å². The smallest absolute Gasteiger partial charge is 0.308 e. The quantitative estimate of drug-likeness (QED) is 0.818. The lowest BCUT2D eigenvalue weighted by Gasteiger charge is -2.23. The normalized spacial score (nSPS) is 22.9. The molecule has 6 nitrogen and oxygen atoms in total. The second-order valence-electron chi connectivity index (χ2n) is 5.18. The molecule has 2 rings (SSSR count). The minimum absolute atomic E-state index is 0.291. The van der Waals surface area contributed by atoms with Crippen molar-refractivity contribution < 1.29 is 14.7 Å². The summed E-state index contributed by atoms with van der Waals surface area (Å²) in [5.74, 6) is -1.63. The average Bonchev–Trinajstić information content (AvgIpc) is 2.64. The van der Waals surface area contributed by atoms with Gasteiger partial charge >= 0.3 is 5.97 Å². The van der Waals surface area contributed by atoms with Gasteiger partial charge in [-0.15, -0.1) is 0 Å². The first-order valence-electron chi connectivity index (χ1n) is 6.90. The Bertz CT molecular complexity index is 504. The summed E-state index contributed by atoms with van der Waals surface area (Å²) in [6, 6.07) is -0.317. The molecule has 1 fully saturated rings. The highest BCUT2D eigenvalue weighted by Gasteiger charge is 2.31. The van der Waals surface area contributed by atoms with Gasteiger partial charge in [0.2, 0.25) is 0 Å². The van der Waals surface area contributed by atoms with Gasteiger partial charge in [0.25, 0.3) is 5.91 Å². The lowest BCUT2D eigenvalue weighted by atomic mass is 9.94. The van der Waals surface area contributed by atoms with E-state index in [2.05, 4.69) is 15.3 Å². The summed E-state index contributed by atoms with van der Waals surface area (Å²) in [6.07, 6.45) is 7.03. The summed E-state index contributed by atoms with van der Waals surface area (Å²) >= 11 is 0. The van der Waals surface area contributed by atoms with Crippen LogP contribution in [0.3, 0.4) is 0 Å². The molecule has 1 aliphatic rings. The van der Waals surface area contributed by atoms with Crippen molar-refractivity contribution in [2.75, 3.05) is 0 Å². The lowest BCUT2D eigenvalue weighted by molar-refractivity contribution is -0.142. The second kappa shape index (κ2) is 6.45. The van der Waals surface area contributed by atoms with Gasteiger partial charge in [-0.2, -0.15) is 0 Å². The van der Waals surface area contributed by atoms with Crippen LogP contribution in [0.4, 0.5) is 0 Å². The third-order valence-corrected chi connectivity index (χ3v) is 3.81. The van der Waals surface area contributed by atoms with E-state index >= 15 is 0 Å². The molecule has 20 heavy (non-hydrogen) atoms. The fourth-order valence-corrected chi connectivity index (χ4v) is 2.64. The van der Waals surface area contributed by atoms with Crippen molar-refractivity contribution >= 4 is 11.9 Å². The minimum atomic E-state index is -0.835. The zero-order valence-corrected chi connectivity index (χ0v) is 11.5. The van der Waals surface area contributed by atoms with E-state index in [1.165, 1.54) is 12.5 Å². The summed E-state index contributed by atoms with van der Waals surface area (Å²) in [5.41, 5.74) is 0.999. The van der Waals surface area contributed by atoms with Crippen LogP contribution in [0.15, 0.2) is 12.5 Å². The summed E-state index contributed by atoms with van der Waals surface area (Å²) < 4.78 is 0. The number of hydrogen-bond donors (Lipinski definition) is 2. The maximum Gasteiger partial charge on any atom is 0.308 e. The third kappa shape index (κ3) is 3.31. The molecule has 0 saturated heterocycles. The highest BCUT2D eigenvalue weighted by molar-refractivity contribution is 5.95. The van der Waals surface area contributed by atoms with Gasteiger partial charge in [0.05, 0.1) is 17.2 Å². The molecular formula is C14H19N3O3. The van der Waals surface area contributed by atoms with Crippen LogP contribution in [-0.2, 0) is 4.79 Å². The summed E-state index contributed by atoms with van der Waals surface area (Å²) in [4.78, 5) is 31.4. The van der Waals surface area contributed by atoms with Crippen LogP contribution in [0.5, 0.6) is 0 Å². The van der Waals surface area contributed by atoms with Gasteiger partial charge in [-0.05, 0) is 19.8 Å². The molecule has 0 radical (unpaired) electrons. The number of nitrogens with one attached hydrogen (secondary N) is 1. The predicted molar refractivity (Wildman–Crippen MR) is 72.2 cm³/mol. The summed E-state index contributed by atoms with van der Waals surface area (Å²) in [5, 5.41) is 12.1. The zero-order valence-electron chi connectivity index (χ0n) is 11.5. The molecule has 1 amide bonds. The molecule has 0 unspecified atom stereocenters. The molecule has 2 atom stereocenters. The van der Waals surface area contributed by atoms with E-state index in [4.69, 9.17) is 0 Å². The minimum Gasteiger partial charge on any atom is -0.481 e. The van der Waals surface area contributed by atoms with Gasteiger partial charge in [0.1, 0.15) is 6.33 Å². The SMILES string of the molecule is Cc1ncncc1C(=O)N[C@H]1CCCCC[C@H]1C(=O)O. The number of rotatable bonds is 3. The monoisotopic (exact) mass is 277 g/mol. The van der Waals surface area contributed by atoms with Crippen molar-refractivity contribution in [3.05, 3.63) is 23.8 Å². The molecule has 1 aromatic heterocycles. The topological polar surface area (TPSA) is 92.2 Å². The molecule has 0 aromatic carbocycles. The molecule has 0 aliphatic heterocycles. The van der Waals surface area contributed by atoms with Crippen LogP contribution in [0, 0.1) is 12.8 Å². The molecule has 1 aliphatic carbocycles. The number of carboxylic acids is 1. The number of carbonyl (C=O) groups is 2. The van der Waals surface area contributed by atoms with Crippen LogP contribution in [-0.4, -0.2) is 33.0 Å². The Labute approximate surface area is 117 Å². The van der Waals surface area contributed by atoms with Crippen molar-refractivity contribution in [2.24, 2.45) is 5.92 Å². The molecule has 6 heteroatoms. The molecule has 1 aromatic rings. The van der Waals surface area contributed by atoms with Crippen molar-refractivity contribution in [3.8, 4) is 0 Å². The highest BCUT2D eigenvalue weighted by Crippen LogP contribution is 2.24. The van der Waals surface area contributed by atoms with E-state index in [-0.39, 0.29) is 11.9 Å². The Morgan fingerprint density at radius 1 is 1.30 bits per heavy atom. The summed E-state index contributed by atoms with van der Waals surface area (Å²) in [7, 11) is 0. The van der Waals surface area contributed by atoms with E-state index in [1.807, 2.05) is 0 Å². The molecule has 0 bridgehead atoms. The first kappa shape index (κ1) is 14.4. The van der Waals surface area contributed by atoms with Gasteiger partial charge < -0.3 is 10.4 Å². The van der Waals surface area contributed by atoms with Gasteiger partial charge in [-0.3, -0.25) is 9.59 Å². The van der Waals surface area contributed by atoms with Crippen molar-refractivity contribution in [1.82, 2.24) is 15.3 Å². The van der Waals surface area contributed by atoms with Crippen molar-refractivity contribution in [2.45, 2.75) is 45.1 Å². The maximum atomic E-state index is 12.2.